The first kappa shape index (κ1) is 35.0. The largest absolute Gasteiger partial charge is 0.309 e. The lowest BCUT2D eigenvalue weighted by Crippen LogP contribution is -1.97. The number of benzene rings is 10. The van der Waals surface area contributed by atoms with E-state index in [0.717, 1.165) is 22.7 Å². The van der Waals surface area contributed by atoms with Crippen molar-refractivity contribution in [2.75, 3.05) is 0 Å². The third-order valence-corrected chi connectivity index (χ3v) is 13.6. The summed E-state index contributed by atoms with van der Waals surface area (Å²) in [6.45, 7) is 0. The van der Waals surface area contributed by atoms with Crippen molar-refractivity contribution in [2.24, 2.45) is 0 Å². The molecule has 0 saturated carbocycles. The molecule has 14 aromatic rings. The Morgan fingerprint density at radius 3 is 0.625 bits per heavy atom. The van der Waals surface area contributed by atoms with E-state index < -0.39 is 0 Å². The van der Waals surface area contributed by atoms with Gasteiger partial charge in [0.1, 0.15) is 0 Å². The van der Waals surface area contributed by atoms with Crippen LogP contribution in [-0.2, 0) is 0 Å². The second-order valence-electron chi connectivity index (χ2n) is 16.9. The predicted octanol–water partition coefficient (Wildman–Crippen LogP) is 15.7. The zero-order chi connectivity index (χ0) is 41.9. The van der Waals surface area contributed by atoms with Crippen molar-refractivity contribution in [1.82, 2.24) is 18.3 Å². The molecule has 0 atom stereocenters. The van der Waals surface area contributed by atoms with Crippen molar-refractivity contribution < 1.29 is 0 Å². The summed E-state index contributed by atoms with van der Waals surface area (Å²) in [5.74, 6) is 0. The van der Waals surface area contributed by atoms with Gasteiger partial charge < -0.3 is 18.3 Å². The minimum Gasteiger partial charge on any atom is -0.309 e. The molecule has 0 saturated heterocycles. The molecule has 0 radical (unpaired) electrons. The van der Waals surface area contributed by atoms with Crippen molar-refractivity contribution in [2.45, 2.75) is 0 Å². The second-order valence-corrected chi connectivity index (χ2v) is 16.9. The van der Waals surface area contributed by atoms with Crippen LogP contribution in [0.4, 0.5) is 0 Å². The molecule has 10 aromatic carbocycles. The Morgan fingerprint density at radius 2 is 0.375 bits per heavy atom. The standard InChI is InChI=1S/C60H38N4/c1-7-19-53-45(13-1)46-14-2-8-20-54(46)61(53)41-27-31-43(32-28-41)63-57-23-11-5-17-49(57)51-37-39(25-35-59(51)63)40-26-36-60-52(38-40)50-18-6-12-24-58(50)64(60)44-33-29-42(30-34-44)62-55-21-9-3-15-47(55)48-16-4-10-22-56(48)62/h1-38H. The molecule has 0 unspecified atom stereocenters. The molecule has 0 amide bonds. The Hall–Kier alpha value is -8.60. The fourth-order valence-corrected chi connectivity index (χ4v) is 10.8. The Balaban J connectivity index is 0.860. The van der Waals surface area contributed by atoms with Crippen molar-refractivity contribution in [3.63, 3.8) is 0 Å². The fourth-order valence-electron chi connectivity index (χ4n) is 10.8. The van der Waals surface area contributed by atoms with Crippen LogP contribution < -0.4 is 0 Å². The minimum atomic E-state index is 1.14. The van der Waals surface area contributed by atoms with E-state index in [0.29, 0.717) is 0 Å². The average Bonchev–Trinajstić information content (AvgIpc) is 4.09. The Labute approximate surface area is 368 Å². The second kappa shape index (κ2) is 13.4. The summed E-state index contributed by atoms with van der Waals surface area (Å²) in [6, 6.07) is 84.4. The van der Waals surface area contributed by atoms with E-state index in [4.69, 9.17) is 0 Å². The van der Waals surface area contributed by atoms with Crippen molar-refractivity contribution in [3.8, 4) is 33.9 Å². The third kappa shape index (κ3) is 4.99. The summed E-state index contributed by atoms with van der Waals surface area (Å²) in [6.07, 6.45) is 0. The summed E-state index contributed by atoms with van der Waals surface area (Å²) < 4.78 is 9.58. The maximum atomic E-state index is 2.41. The lowest BCUT2D eigenvalue weighted by atomic mass is 10.0. The number of para-hydroxylation sites is 6. The minimum absolute atomic E-state index is 1.14. The van der Waals surface area contributed by atoms with Gasteiger partial charge in [-0.2, -0.15) is 0 Å². The molecule has 4 aromatic heterocycles. The van der Waals surface area contributed by atoms with Crippen LogP contribution in [0.15, 0.2) is 231 Å². The summed E-state index contributed by atoms with van der Waals surface area (Å²) in [4.78, 5) is 0. The smallest absolute Gasteiger partial charge is 0.0541 e. The van der Waals surface area contributed by atoms with Gasteiger partial charge in [-0.05, 0) is 120 Å². The first-order valence-corrected chi connectivity index (χ1v) is 22.0. The SMILES string of the molecule is c1ccc2c(c1)c1ccccc1n2-c1ccc(-n2c3ccccc3c3cc(-c4ccc5c(c4)c4ccccc4n5-c4ccc(-n5c6ccccc6c6ccccc65)cc4)ccc32)cc1. The maximum absolute atomic E-state index is 2.41. The number of nitrogens with zero attached hydrogens (tertiary/aromatic N) is 4. The Morgan fingerprint density at radius 1 is 0.172 bits per heavy atom. The van der Waals surface area contributed by atoms with Gasteiger partial charge in [0, 0.05) is 65.8 Å². The monoisotopic (exact) mass is 814 g/mol. The zero-order valence-electron chi connectivity index (χ0n) is 34.7. The molecule has 64 heavy (non-hydrogen) atoms. The maximum Gasteiger partial charge on any atom is 0.0541 e. The first-order valence-electron chi connectivity index (χ1n) is 22.0. The summed E-state index contributed by atoms with van der Waals surface area (Å²) in [5, 5.41) is 10.1. The molecular formula is C60H38N4. The van der Waals surface area contributed by atoms with E-state index in [2.05, 4.69) is 249 Å². The normalized spacial score (nSPS) is 12.1. The highest BCUT2D eigenvalue weighted by molar-refractivity contribution is 6.14. The van der Waals surface area contributed by atoms with Gasteiger partial charge in [0.05, 0.1) is 44.1 Å². The van der Waals surface area contributed by atoms with Crippen LogP contribution in [0.2, 0.25) is 0 Å². The lowest BCUT2D eigenvalue weighted by molar-refractivity contribution is 1.14. The van der Waals surface area contributed by atoms with Gasteiger partial charge in [0.25, 0.3) is 0 Å². The molecule has 4 heteroatoms. The number of hydrogen-bond donors (Lipinski definition) is 0. The van der Waals surface area contributed by atoms with Gasteiger partial charge in [-0.3, -0.25) is 0 Å². The van der Waals surface area contributed by atoms with Gasteiger partial charge in [-0.25, -0.2) is 0 Å². The molecule has 0 fully saturated rings. The van der Waals surface area contributed by atoms with Gasteiger partial charge >= 0.3 is 0 Å². The number of hydrogen-bond acceptors (Lipinski definition) is 0. The van der Waals surface area contributed by atoms with Crippen LogP contribution >= 0.6 is 0 Å². The molecule has 0 bridgehead atoms. The molecule has 0 aliphatic heterocycles. The van der Waals surface area contributed by atoms with E-state index in [1.54, 1.807) is 0 Å². The molecule has 0 aliphatic rings. The van der Waals surface area contributed by atoms with E-state index in [1.807, 2.05) is 0 Å². The van der Waals surface area contributed by atoms with Crippen LogP contribution in [0.5, 0.6) is 0 Å². The number of aromatic nitrogens is 4. The molecule has 0 N–H and O–H groups in total. The van der Waals surface area contributed by atoms with Gasteiger partial charge in [0.2, 0.25) is 0 Å². The lowest BCUT2D eigenvalue weighted by Gasteiger charge is -2.12. The molecular weight excluding hydrogens is 777 g/mol. The highest BCUT2D eigenvalue weighted by Gasteiger charge is 2.18. The van der Waals surface area contributed by atoms with E-state index >= 15 is 0 Å². The quantitative estimate of drug-likeness (QED) is 0.165. The van der Waals surface area contributed by atoms with E-state index in [-0.39, 0.29) is 0 Å². The van der Waals surface area contributed by atoms with Gasteiger partial charge in [-0.1, -0.05) is 121 Å². The highest BCUT2D eigenvalue weighted by atomic mass is 15.0. The highest BCUT2D eigenvalue weighted by Crippen LogP contribution is 2.40. The van der Waals surface area contributed by atoms with Crippen LogP contribution in [0.1, 0.15) is 0 Å². The van der Waals surface area contributed by atoms with Crippen molar-refractivity contribution in [1.29, 1.82) is 0 Å². The van der Waals surface area contributed by atoms with Gasteiger partial charge in [-0.15, -0.1) is 0 Å². The summed E-state index contributed by atoms with van der Waals surface area (Å²) in [7, 11) is 0. The van der Waals surface area contributed by atoms with Crippen LogP contribution in [-0.4, -0.2) is 18.3 Å². The Kier molecular flexibility index (Phi) is 7.36. The third-order valence-electron chi connectivity index (χ3n) is 13.6. The zero-order valence-corrected chi connectivity index (χ0v) is 34.7. The fraction of sp³-hybridized carbons (Fsp3) is 0. The van der Waals surface area contributed by atoms with Gasteiger partial charge in [0.15, 0.2) is 0 Å². The van der Waals surface area contributed by atoms with Crippen LogP contribution in [0.3, 0.4) is 0 Å². The molecule has 0 spiro atoms. The van der Waals surface area contributed by atoms with E-state index in [1.165, 1.54) is 98.4 Å². The van der Waals surface area contributed by atoms with Crippen LogP contribution in [0.25, 0.3) is 121 Å². The Bertz CT molecular complexity index is 3790. The molecule has 298 valence electrons. The molecule has 0 aliphatic carbocycles. The first-order chi connectivity index (χ1) is 31.8. The number of rotatable bonds is 5. The average molecular weight is 815 g/mol. The number of fused-ring (bicyclic) bond motifs is 12. The van der Waals surface area contributed by atoms with E-state index in [9.17, 15) is 0 Å². The summed E-state index contributed by atoms with van der Waals surface area (Å²) in [5.41, 5.74) is 16.6. The molecule has 14 rings (SSSR count). The van der Waals surface area contributed by atoms with Crippen molar-refractivity contribution in [3.05, 3.63) is 231 Å². The molecule has 4 nitrogen and oxygen atoms in total. The topological polar surface area (TPSA) is 19.7 Å². The molecule has 4 heterocycles. The van der Waals surface area contributed by atoms with Crippen LogP contribution in [0, 0.1) is 0 Å². The predicted molar refractivity (Wildman–Crippen MR) is 269 cm³/mol. The summed E-state index contributed by atoms with van der Waals surface area (Å²) >= 11 is 0. The van der Waals surface area contributed by atoms with Crippen molar-refractivity contribution >= 4 is 87.2 Å².